The number of aryl methyl sites for hydroxylation is 1. The Balaban J connectivity index is 1.87. The zero-order valence-corrected chi connectivity index (χ0v) is 16.9. The highest BCUT2D eigenvalue weighted by atomic mass is 32.1. The van der Waals surface area contributed by atoms with Crippen molar-refractivity contribution < 1.29 is 14.3 Å². The number of thiophene rings is 1. The predicted molar refractivity (Wildman–Crippen MR) is 110 cm³/mol. The molecular weight excluding hydrogens is 358 g/mol. The molecule has 0 spiro atoms. The Labute approximate surface area is 164 Å². The van der Waals surface area contributed by atoms with Gasteiger partial charge in [-0.25, -0.2) is 4.79 Å². The smallest absolute Gasteiger partial charge is 0.341 e. The van der Waals surface area contributed by atoms with E-state index >= 15 is 0 Å². The van der Waals surface area contributed by atoms with Crippen LogP contribution in [0.3, 0.4) is 0 Å². The van der Waals surface area contributed by atoms with Gasteiger partial charge in [-0.2, -0.15) is 0 Å². The molecule has 1 aromatic carbocycles. The molecule has 0 unspecified atom stereocenters. The van der Waals surface area contributed by atoms with Gasteiger partial charge < -0.3 is 10.1 Å². The van der Waals surface area contributed by atoms with Crippen molar-refractivity contribution in [2.24, 2.45) is 5.92 Å². The quantitative estimate of drug-likeness (QED) is 0.639. The standard InChI is InChI=1S/C22H27NO3S/c1-3-26-22(25)20-19(17-12-8-5-9-13-17)15(2)27-21(20)23-18(24)14-16-10-6-4-7-11-16/h5,8-9,12-13,16H,3-4,6-7,10-11,14H2,1-2H3,(H,23,24). The molecule has 0 radical (unpaired) electrons. The minimum Gasteiger partial charge on any atom is -0.462 e. The number of hydrogen-bond donors (Lipinski definition) is 1. The first-order valence-electron chi connectivity index (χ1n) is 9.76. The first-order valence-corrected chi connectivity index (χ1v) is 10.6. The maximum absolute atomic E-state index is 12.7. The molecule has 5 heteroatoms. The van der Waals surface area contributed by atoms with E-state index in [0.717, 1.165) is 28.8 Å². The van der Waals surface area contributed by atoms with Crippen molar-refractivity contribution in [3.05, 3.63) is 40.8 Å². The van der Waals surface area contributed by atoms with Crippen LogP contribution in [0.25, 0.3) is 11.1 Å². The van der Waals surface area contributed by atoms with Crippen LogP contribution in [-0.2, 0) is 9.53 Å². The second kappa shape index (κ2) is 9.18. The second-order valence-corrected chi connectivity index (χ2v) is 8.30. The van der Waals surface area contributed by atoms with Crippen LogP contribution < -0.4 is 5.32 Å². The molecule has 4 nitrogen and oxygen atoms in total. The zero-order chi connectivity index (χ0) is 19.2. The summed E-state index contributed by atoms with van der Waals surface area (Å²) in [6.45, 7) is 4.07. The summed E-state index contributed by atoms with van der Waals surface area (Å²) in [5.74, 6) is 0.0708. The number of benzene rings is 1. The molecule has 0 saturated heterocycles. The van der Waals surface area contributed by atoms with Crippen LogP contribution in [0.4, 0.5) is 5.00 Å². The van der Waals surface area contributed by atoms with E-state index in [4.69, 9.17) is 4.74 Å². The second-order valence-electron chi connectivity index (χ2n) is 7.08. The molecule has 1 saturated carbocycles. The summed E-state index contributed by atoms with van der Waals surface area (Å²) in [7, 11) is 0. The molecule has 0 atom stereocenters. The third kappa shape index (κ3) is 4.78. The van der Waals surface area contributed by atoms with Gasteiger partial charge in [0.1, 0.15) is 10.6 Å². The van der Waals surface area contributed by atoms with Gasteiger partial charge in [0.15, 0.2) is 0 Å². The molecule has 1 N–H and O–H groups in total. The Morgan fingerprint density at radius 3 is 2.52 bits per heavy atom. The first kappa shape index (κ1) is 19.6. The molecule has 1 aliphatic rings. The Bertz CT molecular complexity index is 791. The minimum atomic E-state index is -0.381. The summed E-state index contributed by atoms with van der Waals surface area (Å²) in [5.41, 5.74) is 2.29. The lowest BCUT2D eigenvalue weighted by Crippen LogP contribution is -2.19. The van der Waals surface area contributed by atoms with Crippen LogP contribution in [0.15, 0.2) is 30.3 Å². The Kier molecular flexibility index (Phi) is 6.67. The lowest BCUT2D eigenvalue weighted by Gasteiger charge is -2.20. The number of anilines is 1. The highest BCUT2D eigenvalue weighted by Crippen LogP contribution is 2.40. The number of ether oxygens (including phenoxy) is 1. The average molecular weight is 386 g/mol. The highest BCUT2D eigenvalue weighted by Gasteiger charge is 2.26. The van der Waals surface area contributed by atoms with Crippen LogP contribution in [-0.4, -0.2) is 18.5 Å². The van der Waals surface area contributed by atoms with E-state index < -0.39 is 0 Å². The van der Waals surface area contributed by atoms with Gasteiger partial charge in [-0.1, -0.05) is 49.6 Å². The summed E-state index contributed by atoms with van der Waals surface area (Å²) < 4.78 is 5.29. The molecule has 1 amide bonds. The molecule has 0 bridgehead atoms. The Morgan fingerprint density at radius 1 is 1.15 bits per heavy atom. The number of carbonyl (C=O) groups excluding carboxylic acids is 2. The third-order valence-electron chi connectivity index (χ3n) is 5.08. The van der Waals surface area contributed by atoms with Crippen LogP contribution in [0.1, 0.15) is 60.7 Å². The van der Waals surface area contributed by atoms with Gasteiger partial charge in [-0.05, 0) is 38.2 Å². The molecule has 0 aliphatic heterocycles. The van der Waals surface area contributed by atoms with Crippen LogP contribution in [0.2, 0.25) is 0 Å². The lowest BCUT2D eigenvalue weighted by atomic mass is 9.87. The van der Waals surface area contributed by atoms with Gasteiger partial charge in [0.05, 0.1) is 6.61 Å². The summed E-state index contributed by atoms with van der Waals surface area (Å²) in [6, 6.07) is 9.80. The number of esters is 1. The van der Waals surface area contributed by atoms with Gasteiger partial charge in [-0.3, -0.25) is 4.79 Å². The number of amides is 1. The van der Waals surface area contributed by atoms with Gasteiger partial charge in [0.25, 0.3) is 0 Å². The van der Waals surface area contributed by atoms with Gasteiger partial charge in [-0.15, -0.1) is 11.3 Å². The molecular formula is C22H27NO3S. The number of carbonyl (C=O) groups is 2. The van der Waals surface area contributed by atoms with Crippen molar-refractivity contribution in [2.45, 2.75) is 52.4 Å². The third-order valence-corrected chi connectivity index (χ3v) is 6.10. The molecule has 144 valence electrons. The average Bonchev–Trinajstić information content (AvgIpc) is 2.99. The van der Waals surface area contributed by atoms with E-state index in [1.54, 1.807) is 6.92 Å². The van der Waals surface area contributed by atoms with Crippen LogP contribution >= 0.6 is 11.3 Å². The van der Waals surface area contributed by atoms with Crippen molar-refractivity contribution >= 4 is 28.2 Å². The van der Waals surface area contributed by atoms with E-state index in [1.165, 1.54) is 30.6 Å². The molecule has 1 aromatic heterocycles. The van der Waals surface area contributed by atoms with Crippen molar-refractivity contribution in [3.8, 4) is 11.1 Å². The largest absolute Gasteiger partial charge is 0.462 e. The number of rotatable bonds is 6. The molecule has 1 fully saturated rings. The van der Waals surface area contributed by atoms with E-state index in [1.807, 2.05) is 37.3 Å². The summed E-state index contributed by atoms with van der Waals surface area (Å²) in [5, 5.41) is 3.61. The normalized spacial score (nSPS) is 14.7. The monoisotopic (exact) mass is 385 g/mol. The fourth-order valence-electron chi connectivity index (χ4n) is 3.81. The fourth-order valence-corrected chi connectivity index (χ4v) is 4.89. The SMILES string of the molecule is CCOC(=O)c1c(NC(=O)CC2CCCCC2)sc(C)c1-c1ccccc1. The number of nitrogens with one attached hydrogen (secondary N) is 1. The fraction of sp³-hybridized carbons (Fsp3) is 0.455. The maximum atomic E-state index is 12.7. The van der Waals surface area contributed by atoms with E-state index in [-0.39, 0.29) is 11.9 Å². The summed E-state index contributed by atoms with van der Waals surface area (Å²) >= 11 is 1.45. The van der Waals surface area contributed by atoms with E-state index in [9.17, 15) is 9.59 Å². The molecule has 1 aliphatic carbocycles. The van der Waals surface area contributed by atoms with Gasteiger partial charge >= 0.3 is 5.97 Å². The first-order chi connectivity index (χ1) is 13.1. The van der Waals surface area contributed by atoms with Crippen molar-refractivity contribution in [3.63, 3.8) is 0 Å². The van der Waals surface area contributed by atoms with Crippen molar-refractivity contribution in [1.29, 1.82) is 0 Å². The van der Waals surface area contributed by atoms with Gasteiger partial charge in [0.2, 0.25) is 5.91 Å². The van der Waals surface area contributed by atoms with Crippen LogP contribution in [0.5, 0.6) is 0 Å². The minimum absolute atomic E-state index is 0.00619. The van der Waals surface area contributed by atoms with Crippen molar-refractivity contribution in [1.82, 2.24) is 0 Å². The maximum Gasteiger partial charge on any atom is 0.341 e. The molecule has 2 aromatic rings. The topological polar surface area (TPSA) is 55.4 Å². The molecule has 3 rings (SSSR count). The van der Waals surface area contributed by atoms with Crippen molar-refractivity contribution in [2.75, 3.05) is 11.9 Å². The Hall–Kier alpha value is -2.14. The van der Waals surface area contributed by atoms with Crippen LogP contribution in [0, 0.1) is 12.8 Å². The summed E-state index contributed by atoms with van der Waals surface area (Å²) in [4.78, 5) is 26.3. The molecule has 27 heavy (non-hydrogen) atoms. The summed E-state index contributed by atoms with van der Waals surface area (Å²) in [6.07, 6.45) is 6.47. The van der Waals surface area contributed by atoms with E-state index in [0.29, 0.717) is 29.5 Å². The predicted octanol–water partition coefficient (Wildman–Crippen LogP) is 5.81. The zero-order valence-electron chi connectivity index (χ0n) is 16.0. The van der Waals surface area contributed by atoms with E-state index in [2.05, 4.69) is 5.32 Å². The lowest BCUT2D eigenvalue weighted by molar-refractivity contribution is -0.117. The number of hydrogen-bond acceptors (Lipinski definition) is 4. The molecule has 1 heterocycles. The van der Waals surface area contributed by atoms with Gasteiger partial charge in [0, 0.05) is 16.9 Å². The Morgan fingerprint density at radius 2 is 1.85 bits per heavy atom. The highest BCUT2D eigenvalue weighted by molar-refractivity contribution is 7.17.